The second-order valence-electron chi connectivity index (χ2n) is 9.61. The molecule has 0 bridgehead atoms. The molecule has 28 heavy (non-hydrogen) atoms. The van der Waals surface area contributed by atoms with Gasteiger partial charge in [0.2, 0.25) is 0 Å². The van der Waals surface area contributed by atoms with Gasteiger partial charge in [0.25, 0.3) is 0 Å². The van der Waals surface area contributed by atoms with Gasteiger partial charge in [0.05, 0.1) is 0 Å². The molecular weight excluding hydrogens is 376 g/mol. The van der Waals surface area contributed by atoms with Crippen LogP contribution in [0.3, 0.4) is 0 Å². The normalized spacial score (nSPS) is 14.0. The number of hydrogen-bond acceptors (Lipinski definition) is 2. The van der Waals surface area contributed by atoms with Gasteiger partial charge in [0.15, 0.2) is 0 Å². The number of rotatable bonds is 16. The van der Waals surface area contributed by atoms with Gasteiger partial charge in [-0.3, -0.25) is 0 Å². The fourth-order valence-corrected chi connectivity index (χ4v) is 5.59. The summed E-state index contributed by atoms with van der Waals surface area (Å²) in [5.74, 6) is 5.94. The Morgan fingerprint density at radius 2 is 0.893 bits per heavy atom. The van der Waals surface area contributed by atoms with Crippen LogP contribution in [0, 0.1) is 23.7 Å². The number of thioether (sulfide) groups is 2. The molecule has 0 amide bonds. The van der Waals surface area contributed by atoms with E-state index in [1.165, 1.54) is 72.7 Å². The van der Waals surface area contributed by atoms with Gasteiger partial charge >= 0.3 is 0 Å². The van der Waals surface area contributed by atoms with E-state index >= 15 is 0 Å². The first-order valence-corrected chi connectivity index (χ1v) is 13.7. The predicted octanol–water partition coefficient (Wildman–Crippen LogP) is 9.58. The minimum absolute atomic E-state index is 0.853. The zero-order valence-corrected chi connectivity index (χ0v) is 21.1. The molecule has 0 aliphatic heterocycles. The third kappa shape index (κ3) is 14.0. The summed E-state index contributed by atoms with van der Waals surface area (Å²) in [6.07, 6.45) is 11.0. The lowest BCUT2D eigenvalue weighted by Gasteiger charge is -2.13. The zero-order chi connectivity index (χ0) is 20.8. The molecule has 1 aromatic rings. The maximum Gasteiger partial charge on any atom is 0.00727 e. The summed E-state index contributed by atoms with van der Waals surface area (Å²) in [6.45, 7) is 14.2. The Bertz CT molecular complexity index is 433. The van der Waals surface area contributed by atoms with Crippen LogP contribution in [0.1, 0.15) is 92.9 Å². The molecule has 0 nitrogen and oxygen atoms in total. The molecule has 0 heterocycles. The van der Waals surface area contributed by atoms with Crippen LogP contribution in [0.25, 0.3) is 0 Å². The second kappa shape index (κ2) is 15.7. The van der Waals surface area contributed by atoms with Crippen molar-refractivity contribution in [2.24, 2.45) is 23.7 Å². The Hall–Kier alpha value is -0.0800. The topological polar surface area (TPSA) is 0 Å². The molecule has 0 radical (unpaired) electrons. The molecule has 1 rings (SSSR count). The van der Waals surface area contributed by atoms with E-state index in [2.05, 4.69) is 65.8 Å². The van der Waals surface area contributed by atoms with Crippen LogP contribution in [-0.2, 0) is 0 Å². The van der Waals surface area contributed by atoms with Crippen molar-refractivity contribution in [3.63, 3.8) is 0 Å². The molecule has 0 N–H and O–H groups in total. The van der Waals surface area contributed by atoms with E-state index in [-0.39, 0.29) is 0 Å². The summed E-state index contributed by atoms with van der Waals surface area (Å²) in [5.41, 5.74) is 0. The lowest BCUT2D eigenvalue weighted by atomic mass is 9.98. The van der Waals surface area contributed by atoms with Crippen LogP contribution < -0.4 is 0 Å². The average molecular weight is 423 g/mol. The van der Waals surface area contributed by atoms with E-state index in [1.807, 2.05) is 23.5 Å². The third-order valence-corrected chi connectivity index (χ3v) is 7.63. The molecule has 0 aliphatic rings. The Labute approximate surface area is 185 Å². The Morgan fingerprint density at radius 3 is 1.21 bits per heavy atom. The van der Waals surface area contributed by atoms with Crippen molar-refractivity contribution < 1.29 is 0 Å². The zero-order valence-electron chi connectivity index (χ0n) is 19.5. The summed E-state index contributed by atoms with van der Waals surface area (Å²) >= 11 is 4.06. The lowest BCUT2D eigenvalue weighted by Crippen LogP contribution is -1.98. The minimum atomic E-state index is 0.853. The highest BCUT2D eigenvalue weighted by Gasteiger charge is 2.06. The van der Waals surface area contributed by atoms with Crippen molar-refractivity contribution in [3.8, 4) is 0 Å². The monoisotopic (exact) mass is 422 g/mol. The van der Waals surface area contributed by atoms with E-state index in [0.29, 0.717) is 0 Å². The fourth-order valence-electron chi connectivity index (χ4n) is 3.43. The van der Waals surface area contributed by atoms with Gasteiger partial charge in [-0.2, -0.15) is 0 Å². The van der Waals surface area contributed by atoms with E-state index in [9.17, 15) is 0 Å². The highest BCUT2D eigenvalue weighted by atomic mass is 32.2. The van der Waals surface area contributed by atoms with Crippen LogP contribution in [-0.4, -0.2) is 11.5 Å². The molecular formula is C26H46S2. The molecule has 2 unspecified atom stereocenters. The predicted molar refractivity (Wildman–Crippen MR) is 133 cm³/mol. The van der Waals surface area contributed by atoms with Crippen LogP contribution >= 0.6 is 23.5 Å². The molecule has 2 atom stereocenters. The number of hydrogen-bond donors (Lipinski definition) is 0. The van der Waals surface area contributed by atoms with Crippen molar-refractivity contribution in [3.05, 3.63) is 24.3 Å². The standard InChI is InChI=1S/C26H46S2/c1-21(2)9-7-11-23(5)17-19-27-25-13-15-26(16-14-25)28-20-18-24(6)12-8-10-22(3)4/h13-16,21-24H,7-12,17-20H2,1-6H3. The molecule has 0 saturated carbocycles. The van der Waals surface area contributed by atoms with Crippen LogP contribution in [0.2, 0.25) is 0 Å². The van der Waals surface area contributed by atoms with E-state index in [4.69, 9.17) is 0 Å². The smallest absolute Gasteiger partial charge is 0.00727 e. The Kier molecular flexibility index (Phi) is 14.6. The van der Waals surface area contributed by atoms with E-state index < -0.39 is 0 Å². The van der Waals surface area contributed by atoms with Crippen LogP contribution in [0.4, 0.5) is 0 Å². The van der Waals surface area contributed by atoms with Crippen molar-refractivity contribution >= 4 is 23.5 Å². The Morgan fingerprint density at radius 1 is 0.536 bits per heavy atom. The average Bonchev–Trinajstić information content (AvgIpc) is 2.62. The number of benzene rings is 1. The second-order valence-corrected chi connectivity index (χ2v) is 11.9. The summed E-state index contributed by atoms with van der Waals surface area (Å²) in [6, 6.07) is 9.29. The van der Waals surface area contributed by atoms with Gasteiger partial charge in [0, 0.05) is 9.79 Å². The van der Waals surface area contributed by atoms with Crippen molar-refractivity contribution in [1.29, 1.82) is 0 Å². The van der Waals surface area contributed by atoms with Gasteiger partial charge < -0.3 is 0 Å². The highest BCUT2D eigenvalue weighted by Crippen LogP contribution is 2.27. The largest absolute Gasteiger partial charge is 0.126 e. The van der Waals surface area contributed by atoms with Crippen molar-refractivity contribution in [1.82, 2.24) is 0 Å². The molecule has 0 fully saturated rings. The van der Waals surface area contributed by atoms with Gasteiger partial charge in [-0.25, -0.2) is 0 Å². The molecule has 0 spiro atoms. The summed E-state index contributed by atoms with van der Waals surface area (Å²) in [7, 11) is 0. The maximum atomic E-state index is 2.42. The van der Waals surface area contributed by atoms with Crippen LogP contribution in [0.5, 0.6) is 0 Å². The van der Waals surface area contributed by atoms with Crippen molar-refractivity contribution in [2.45, 2.75) is 103 Å². The minimum Gasteiger partial charge on any atom is -0.126 e. The molecule has 1 aromatic carbocycles. The first kappa shape index (κ1) is 26.0. The highest BCUT2D eigenvalue weighted by molar-refractivity contribution is 7.99. The van der Waals surface area contributed by atoms with Gasteiger partial charge in [-0.15, -0.1) is 23.5 Å². The summed E-state index contributed by atoms with van der Waals surface area (Å²) in [4.78, 5) is 2.86. The van der Waals surface area contributed by atoms with E-state index in [1.54, 1.807) is 0 Å². The molecule has 2 heteroatoms. The van der Waals surface area contributed by atoms with E-state index in [0.717, 1.165) is 23.7 Å². The van der Waals surface area contributed by atoms with Gasteiger partial charge in [0.1, 0.15) is 0 Å². The van der Waals surface area contributed by atoms with Gasteiger partial charge in [-0.1, -0.05) is 80.1 Å². The SMILES string of the molecule is CC(C)CCCC(C)CCSc1ccc(SCCC(C)CCCC(C)C)cc1. The fraction of sp³-hybridized carbons (Fsp3) is 0.769. The lowest BCUT2D eigenvalue weighted by molar-refractivity contribution is 0.451. The van der Waals surface area contributed by atoms with Crippen molar-refractivity contribution in [2.75, 3.05) is 11.5 Å². The summed E-state index contributed by atoms with van der Waals surface area (Å²) < 4.78 is 0. The molecule has 0 aliphatic carbocycles. The first-order chi connectivity index (χ1) is 13.4. The third-order valence-electron chi connectivity index (χ3n) is 5.54. The molecule has 0 saturated heterocycles. The Balaban J connectivity index is 2.14. The molecule has 0 aromatic heterocycles. The molecule has 162 valence electrons. The quantitative estimate of drug-likeness (QED) is 0.243. The summed E-state index contributed by atoms with van der Waals surface area (Å²) in [5, 5.41) is 0. The van der Waals surface area contributed by atoms with Gasteiger partial charge in [-0.05, 0) is 72.3 Å². The maximum absolute atomic E-state index is 2.42. The van der Waals surface area contributed by atoms with Crippen LogP contribution in [0.15, 0.2) is 34.1 Å². The first-order valence-electron chi connectivity index (χ1n) is 11.7.